The van der Waals surface area contributed by atoms with Crippen LogP contribution in [0.2, 0.25) is 0 Å². The van der Waals surface area contributed by atoms with Crippen LogP contribution in [0.15, 0.2) is 0 Å². The Labute approximate surface area is 72.8 Å². The van der Waals surface area contributed by atoms with Crippen LogP contribution in [0, 0.1) is 0 Å². The number of carboxylic acids is 1. The number of aliphatic hydroxyl groups excluding tert-OH is 4. The molecule has 5 atom stereocenters. The van der Waals surface area contributed by atoms with E-state index in [-0.39, 0.29) is 0 Å². The maximum atomic E-state index is 10.4. The molecule has 0 aliphatic carbocycles. The fourth-order valence-corrected chi connectivity index (χ4v) is 1.07. The third-order valence-electron chi connectivity index (χ3n) is 1.83. The van der Waals surface area contributed by atoms with Crippen LogP contribution in [-0.2, 0) is 9.53 Å². The van der Waals surface area contributed by atoms with E-state index < -0.39 is 36.7 Å². The Morgan fingerprint density at radius 2 is 1.54 bits per heavy atom. The van der Waals surface area contributed by atoms with Gasteiger partial charge in [-0.15, -0.1) is 0 Å². The van der Waals surface area contributed by atoms with Crippen LogP contribution in [0.25, 0.3) is 0 Å². The van der Waals surface area contributed by atoms with Gasteiger partial charge in [-0.3, -0.25) is 0 Å². The highest BCUT2D eigenvalue weighted by atomic mass is 16.6. The number of carbonyl (C=O) groups is 1. The van der Waals surface area contributed by atoms with Gasteiger partial charge in [0, 0.05) is 0 Å². The zero-order valence-electron chi connectivity index (χ0n) is 6.44. The summed E-state index contributed by atoms with van der Waals surface area (Å²) < 4.78 is 4.34. The number of rotatable bonds is 1. The monoisotopic (exact) mass is 194 g/mol. The molecule has 5 N–H and O–H groups in total. The van der Waals surface area contributed by atoms with Crippen LogP contribution in [0.3, 0.4) is 0 Å². The van der Waals surface area contributed by atoms with Crippen molar-refractivity contribution in [1.29, 1.82) is 0 Å². The summed E-state index contributed by atoms with van der Waals surface area (Å²) in [6.45, 7) is 0. The minimum Gasteiger partial charge on any atom is -0.479 e. The fraction of sp³-hybridized carbons (Fsp3) is 0.833. The summed E-state index contributed by atoms with van der Waals surface area (Å²) in [4.78, 5) is 10.4. The van der Waals surface area contributed by atoms with E-state index in [4.69, 9.17) is 25.5 Å². The van der Waals surface area contributed by atoms with Gasteiger partial charge in [0.25, 0.3) is 0 Å². The van der Waals surface area contributed by atoms with E-state index in [1.54, 1.807) is 0 Å². The smallest absolute Gasteiger partial charge is 0.335 e. The van der Waals surface area contributed by atoms with Crippen molar-refractivity contribution in [3.8, 4) is 0 Å². The maximum absolute atomic E-state index is 10.4. The standard InChI is InChI=1S/C6H10O7/c7-1-2(8)4(5(10)11)13-6(12)3(1)9/h1-4,6-9,12H,(H,10,11)/t1?,2-,3-,4?,6?/m0/s1. The van der Waals surface area contributed by atoms with Gasteiger partial charge in [0.15, 0.2) is 12.4 Å². The summed E-state index contributed by atoms with van der Waals surface area (Å²) in [5.41, 5.74) is 0. The second-order valence-corrected chi connectivity index (χ2v) is 2.76. The average Bonchev–Trinajstić information content (AvgIpc) is 2.07. The van der Waals surface area contributed by atoms with E-state index in [9.17, 15) is 4.79 Å². The zero-order chi connectivity index (χ0) is 10.2. The topological polar surface area (TPSA) is 127 Å². The number of carboxylic acid groups (broad SMARTS) is 1. The molecular formula is C6H10O7. The van der Waals surface area contributed by atoms with Gasteiger partial charge < -0.3 is 30.3 Å². The molecule has 7 heteroatoms. The van der Waals surface area contributed by atoms with Gasteiger partial charge in [0.05, 0.1) is 0 Å². The lowest BCUT2D eigenvalue weighted by Gasteiger charge is -2.36. The molecule has 3 unspecified atom stereocenters. The first-order valence-electron chi connectivity index (χ1n) is 3.55. The quantitative estimate of drug-likeness (QED) is 0.298. The Morgan fingerprint density at radius 3 is 2.00 bits per heavy atom. The molecule has 0 saturated carbocycles. The van der Waals surface area contributed by atoms with E-state index in [1.165, 1.54) is 0 Å². The third-order valence-corrected chi connectivity index (χ3v) is 1.83. The van der Waals surface area contributed by atoms with E-state index in [0.29, 0.717) is 0 Å². The van der Waals surface area contributed by atoms with E-state index in [1.807, 2.05) is 0 Å². The summed E-state index contributed by atoms with van der Waals surface area (Å²) in [5.74, 6) is -1.52. The summed E-state index contributed by atoms with van der Waals surface area (Å²) in [7, 11) is 0. The molecule has 1 rings (SSSR count). The molecule has 13 heavy (non-hydrogen) atoms. The van der Waals surface area contributed by atoms with Crippen molar-refractivity contribution in [2.75, 3.05) is 0 Å². The molecule has 0 amide bonds. The van der Waals surface area contributed by atoms with Crippen LogP contribution in [0.4, 0.5) is 0 Å². The molecule has 1 fully saturated rings. The molecule has 0 aromatic heterocycles. The van der Waals surface area contributed by atoms with E-state index in [2.05, 4.69) is 4.74 Å². The molecule has 1 heterocycles. The Morgan fingerprint density at radius 1 is 1.00 bits per heavy atom. The summed E-state index contributed by atoms with van der Waals surface area (Å²) in [5, 5.41) is 44.4. The first-order chi connectivity index (χ1) is 5.95. The van der Waals surface area contributed by atoms with Crippen LogP contribution in [0.5, 0.6) is 0 Å². The molecular weight excluding hydrogens is 184 g/mol. The molecule has 76 valence electrons. The number of hydrogen-bond donors (Lipinski definition) is 5. The van der Waals surface area contributed by atoms with Gasteiger partial charge >= 0.3 is 5.97 Å². The highest BCUT2D eigenvalue weighted by molar-refractivity contribution is 5.73. The molecule has 0 bridgehead atoms. The van der Waals surface area contributed by atoms with Crippen LogP contribution >= 0.6 is 0 Å². The highest BCUT2D eigenvalue weighted by Crippen LogP contribution is 2.19. The molecule has 1 aliphatic heterocycles. The first kappa shape index (κ1) is 10.4. The highest BCUT2D eigenvalue weighted by Gasteiger charge is 2.46. The number of ether oxygens (including phenoxy) is 1. The predicted molar refractivity (Wildman–Crippen MR) is 36.5 cm³/mol. The second-order valence-electron chi connectivity index (χ2n) is 2.76. The Hall–Kier alpha value is -0.730. The van der Waals surface area contributed by atoms with E-state index in [0.717, 1.165) is 0 Å². The summed E-state index contributed by atoms with van der Waals surface area (Å²) in [6.07, 6.45) is -8.72. The molecule has 1 saturated heterocycles. The minimum atomic E-state index is -1.81. The molecule has 7 nitrogen and oxygen atoms in total. The lowest BCUT2D eigenvalue weighted by Crippen LogP contribution is -2.59. The van der Waals surface area contributed by atoms with Crippen molar-refractivity contribution in [3.05, 3.63) is 0 Å². The zero-order valence-corrected chi connectivity index (χ0v) is 6.44. The van der Waals surface area contributed by atoms with Crippen LogP contribution < -0.4 is 0 Å². The third kappa shape index (κ3) is 1.79. The van der Waals surface area contributed by atoms with Crippen LogP contribution in [0.1, 0.15) is 0 Å². The fourth-order valence-electron chi connectivity index (χ4n) is 1.07. The van der Waals surface area contributed by atoms with Gasteiger partial charge in [-0.1, -0.05) is 0 Å². The number of aliphatic hydroxyl groups is 4. The molecule has 0 radical (unpaired) electrons. The first-order valence-corrected chi connectivity index (χ1v) is 3.55. The Balaban J connectivity index is 2.76. The summed E-state index contributed by atoms with van der Waals surface area (Å²) >= 11 is 0. The van der Waals surface area contributed by atoms with Gasteiger partial charge in [0.1, 0.15) is 18.3 Å². The molecule has 0 aromatic rings. The van der Waals surface area contributed by atoms with Crippen molar-refractivity contribution in [2.45, 2.75) is 30.7 Å². The van der Waals surface area contributed by atoms with Crippen molar-refractivity contribution in [2.24, 2.45) is 0 Å². The van der Waals surface area contributed by atoms with Gasteiger partial charge in [0.2, 0.25) is 0 Å². The average molecular weight is 194 g/mol. The minimum absolute atomic E-state index is 1.52. The lowest BCUT2D eigenvalue weighted by molar-refractivity contribution is -0.279. The Kier molecular flexibility index (Phi) is 2.84. The van der Waals surface area contributed by atoms with Gasteiger partial charge in [-0.2, -0.15) is 0 Å². The Bertz CT molecular complexity index is 205. The molecule has 0 spiro atoms. The number of hydrogen-bond acceptors (Lipinski definition) is 6. The lowest BCUT2D eigenvalue weighted by atomic mass is 9.99. The van der Waals surface area contributed by atoms with Crippen molar-refractivity contribution in [3.63, 3.8) is 0 Å². The van der Waals surface area contributed by atoms with Gasteiger partial charge in [-0.25, -0.2) is 4.79 Å². The number of aliphatic carboxylic acids is 1. The van der Waals surface area contributed by atoms with Crippen molar-refractivity contribution < 1.29 is 35.1 Å². The van der Waals surface area contributed by atoms with Crippen molar-refractivity contribution >= 4 is 5.97 Å². The second kappa shape index (κ2) is 3.56. The SMILES string of the molecule is O=C(O)C1OC(O)[C@@H](O)C(O)[C@@H]1O. The summed E-state index contributed by atoms with van der Waals surface area (Å²) in [6, 6.07) is 0. The largest absolute Gasteiger partial charge is 0.479 e. The van der Waals surface area contributed by atoms with E-state index >= 15 is 0 Å². The maximum Gasteiger partial charge on any atom is 0.335 e. The normalized spacial score (nSPS) is 46.0. The van der Waals surface area contributed by atoms with Gasteiger partial charge in [-0.05, 0) is 0 Å². The van der Waals surface area contributed by atoms with Crippen LogP contribution in [-0.4, -0.2) is 62.2 Å². The molecule has 0 aromatic carbocycles. The predicted octanol–water partition coefficient (Wildman–Crippen LogP) is -3.13. The molecule has 1 aliphatic rings. The van der Waals surface area contributed by atoms with Crippen molar-refractivity contribution in [1.82, 2.24) is 0 Å².